The Balaban J connectivity index is 0. The summed E-state index contributed by atoms with van der Waals surface area (Å²) < 4.78 is 294. The van der Waals surface area contributed by atoms with E-state index >= 15 is 4.79 Å². The molecule has 50 nitrogen and oxygen atoms in total. The van der Waals surface area contributed by atoms with Crippen LogP contribution in [0.5, 0.6) is 0 Å². The fraction of sp³-hybridized carbons (Fsp3) is 0.962. The monoisotopic (exact) mass is 2290 g/mol. The molecule has 0 aliphatic carbocycles. The number of hydrogen-bond acceptors (Lipinski definition) is 49. The predicted molar refractivity (Wildman–Crippen MR) is 438 cm³/mol. The molecule has 0 aromatic rings. The molecule has 0 fully saturated rings. The predicted octanol–water partition coefficient (Wildman–Crippen LogP) is 1.41. The molecule has 0 radical (unpaired) electrons. The maximum absolute atomic E-state index is 16.5. The zero-order valence-electron chi connectivity index (χ0n) is 76.7. The number of rotatable bonds is 79. The van der Waals surface area contributed by atoms with Crippen LogP contribution in [0.1, 0.15) is 51.4 Å². The van der Waals surface area contributed by atoms with Crippen molar-refractivity contribution in [1.82, 2.24) is 4.90 Å². The van der Waals surface area contributed by atoms with Gasteiger partial charge in [0.1, 0.15) is 0 Å². The fourth-order valence-electron chi connectivity index (χ4n) is 11.4. The van der Waals surface area contributed by atoms with Crippen LogP contribution in [0, 0.1) is 18.9 Å². The summed E-state index contributed by atoms with van der Waals surface area (Å²) in [5.41, 5.74) is 0. The van der Waals surface area contributed by atoms with Gasteiger partial charge >= 0.3 is 144 Å². The minimum Gasteiger partial charge on any atom is -0.495 e. The number of amides is 1. The van der Waals surface area contributed by atoms with Crippen molar-refractivity contribution in [3.63, 3.8) is 0 Å². The minimum absolute atomic E-state index is 0. The van der Waals surface area contributed by atoms with Crippen molar-refractivity contribution < 1.29 is 214 Å². The van der Waals surface area contributed by atoms with Crippen molar-refractivity contribution >= 4 is 150 Å². The van der Waals surface area contributed by atoms with Crippen molar-refractivity contribution in [3.05, 3.63) is 7.05 Å². The van der Waals surface area contributed by atoms with E-state index in [1.807, 2.05) is 0 Å². The van der Waals surface area contributed by atoms with Crippen LogP contribution in [0.15, 0.2) is 0 Å². The molecule has 0 spiro atoms. The molecular weight excluding hydrogens is 2150 g/mol. The molecule has 716 valence electrons. The molecule has 0 N–H and O–H groups in total. The van der Waals surface area contributed by atoms with Gasteiger partial charge in [0.05, 0.1) is 0 Å². The molecule has 0 atom stereocenters. The second-order valence-corrected chi connectivity index (χ2v) is 67.5. The Morgan fingerprint density at radius 2 is 0.317 bits per heavy atom. The number of carbonyl (C=O) groups excluding carboxylic acids is 1. The van der Waals surface area contributed by atoms with Gasteiger partial charge in [0.25, 0.3) is 0 Å². The van der Waals surface area contributed by atoms with Crippen molar-refractivity contribution in [2.24, 2.45) is 11.8 Å². The molecular formula is C53H138NO49RfSi16-. The van der Waals surface area contributed by atoms with Gasteiger partial charge in [0.2, 0.25) is 0 Å². The van der Waals surface area contributed by atoms with Gasteiger partial charge in [-0.15, -0.1) is 0 Å². The topological polar surface area (TPSA) is 463 Å². The second kappa shape index (κ2) is 58.0. The third-order valence-electron chi connectivity index (χ3n) is 17.8. The van der Waals surface area contributed by atoms with E-state index in [-0.39, 0.29) is 82.1 Å². The third kappa shape index (κ3) is 33.4. The first-order valence-corrected chi connectivity index (χ1v) is 63.1. The van der Waals surface area contributed by atoms with E-state index in [0.717, 1.165) is 0 Å². The summed E-state index contributed by atoms with van der Waals surface area (Å²) in [7, 11) is -20.7. The Morgan fingerprint density at radius 1 is 0.208 bits per heavy atom. The molecule has 0 saturated heterocycles. The van der Waals surface area contributed by atoms with Gasteiger partial charge in [-0.2, -0.15) is 0 Å². The SMILES string of the molecule is [CH2-]N(CC(CCC[Si](O[Si](OC)(OC)OC)(O[Si](OC)(OC)OC)O[Si](OC)(OC)OC)CCC[Si](O[Si](OC)(OC)OC)(O[Si](OC)(OC)OC)O[Si](OC)(OC)OC)C(=O)C(CCC[Si](O[Si](OC)(OC)OC)(O[Si](OC)(OC)OC)O[Si](OC)(OC)OC)CCC[Si](O[Si](OC)(OC)OC)(O[Si](OC)(OC)OC)O[Si](OC)(OC)OC.[Rf]. The van der Waals surface area contributed by atoms with Crippen LogP contribution in [0.4, 0.5) is 0 Å². The molecule has 0 bridgehead atoms. The summed E-state index contributed by atoms with van der Waals surface area (Å²) in [6.07, 6.45) is -0.111. The first kappa shape index (κ1) is 122. The Hall–Kier alpha value is 0.0201. The van der Waals surface area contributed by atoms with Gasteiger partial charge in [-0.05, 0) is 63.8 Å². The average molecular weight is 2290 g/mol. The Kier molecular flexibility index (Phi) is 59.0. The van der Waals surface area contributed by atoms with Crippen LogP contribution in [-0.2, 0) is 214 Å². The largest absolute Gasteiger partial charge is 0.671 e. The number of nitrogens with zero attached hydrogens (tertiary/aromatic N) is 1. The standard InChI is InChI=1S/C53H138NO49Si16.Rf/c1-54(50-51(42-38-46-104(92-108(56-2,57-3)58-4,93-109(59-5,60-6)61-7)94-110(62-8,63-9)64-10)43-39-47-105(95-111(65-11,66-12)67-13,96-112(68-14,69-15)70-16)97-113(71-17,72-18)73-19)53(55)52(44-40-48-106(98-114(74-20,75-21)76-22,99-115(77-23,78-24)79-25)100-116(80-26,81-27)82-28)45-41-49-107(101-117(83-29,84-30)85-31,102-118(86-32,87-33)88-34)103-119(89-35,90-36)91-37;/h51-52H,1,38-50H2,2-37H3;/q-1;. The van der Waals surface area contributed by atoms with Gasteiger partial charge in [-0.3, -0.25) is 11.8 Å². The first-order chi connectivity index (χ1) is 56.4. The zero-order chi connectivity index (χ0) is 91.4. The second-order valence-electron chi connectivity index (χ2n) is 23.5. The van der Waals surface area contributed by atoms with E-state index < -0.39 is 162 Å². The molecule has 0 rings (SSSR count). The van der Waals surface area contributed by atoms with Gasteiger partial charge in [0, 0.05) is 286 Å². The van der Waals surface area contributed by atoms with E-state index in [4.69, 9.17) is 209 Å². The van der Waals surface area contributed by atoms with E-state index in [2.05, 4.69) is 7.05 Å². The molecule has 120 heavy (non-hydrogen) atoms. The summed E-state index contributed by atoms with van der Waals surface area (Å²) in [6.45, 7) is -0.196. The minimum atomic E-state index is -4.85. The fourth-order valence-corrected chi connectivity index (χ4v) is 61.6. The molecule has 0 aliphatic rings. The van der Waals surface area contributed by atoms with Crippen LogP contribution in [0.25, 0.3) is 0 Å². The van der Waals surface area contributed by atoms with Crippen molar-refractivity contribution in [3.8, 4) is 0 Å². The smallest absolute Gasteiger partial charge is 0.495 e. The van der Waals surface area contributed by atoms with Crippen LogP contribution in [0.2, 0.25) is 24.2 Å². The van der Waals surface area contributed by atoms with Crippen LogP contribution >= 0.6 is 0 Å². The molecule has 0 aromatic carbocycles. The molecule has 1 amide bonds. The quantitative estimate of drug-likeness (QED) is 0.0613. The Morgan fingerprint density at radius 3 is 0.425 bits per heavy atom. The number of carbonyl (C=O) groups is 1. The van der Waals surface area contributed by atoms with E-state index in [1.165, 1.54) is 261 Å². The normalized spacial score (nSPS) is 14.2. The summed E-state index contributed by atoms with van der Waals surface area (Å²) in [6, 6.07) is -1.05. The van der Waals surface area contributed by atoms with Gasteiger partial charge < -0.3 is 214 Å². The van der Waals surface area contributed by atoms with Crippen molar-refractivity contribution in [2.75, 3.05) is 262 Å². The maximum atomic E-state index is 16.5. The molecule has 0 heterocycles. The first-order valence-electron chi connectivity index (χ1n) is 35.7. The summed E-state index contributed by atoms with van der Waals surface area (Å²) in [5, 5.41) is 0. The Labute approximate surface area is 721 Å². The Bertz CT molecular complexity index is 2180. The molecule has 67 heteroatoms. The molecule has 0 aromatic heterocycles. The van der Waals surface area contributed by atoms with E-state index in [0.29, 0.717) is 0 Å². The average Bonchev–Trinajstić information content (AvgIpc) is 0.790. The molecule has 0 saturated carbocycles. The summed E-state index contributed by atoms with van der Waals surface area (Å²) in [5.74, 6) is -2.44. The van der Waals surface area contributed by atoms with E-state index in [1.54, 1.807) is 0 Å². The van der Waals surface area contributed by atoms with Crippen molar-refractivity contribution in [2.45, 2.75) is 75.5 Å². The van der Waals surface area contributed by atoms with Crippen LogP contribution < -0.4 is 0 Å². The van der Waals surface area contributed by atoms with E-state index in [9.17, 15) is 0 Å². The van der Waals surface area contributed by atoms with Crippen LogP contribution in [-0.4, -0.2) is 417 Å². The summed E-state index contributed by atoms with van der Waals surface area (Å²) >= 11 is 0. The van der Waals surface area contributed by atoms with Crippen LogP contribution in [0.3, 0.4) is 0 Å². The molecule has 0 aliphatic heterocycles. The third-order valence-corrected chi connectivity index (χ3v) is 66.6. The maximum Gasteiger partial charge on any atom is 0.671 e. The molecule has 0 unspecified atom stereocenters. The van der Waals surface area contributed by atoms with Gasteiger partial charge in [0.15, 0.2) is 5.91 Å². The zero-order valence-corrected chi connectivity index (χ0v) is 99.1. The summed E-state index contributed by atoms with van der Waals surface area (Å²) in [4.78, 5) is 17.8. The van der Waals surface area contributed by atoms with Gasteiger partial charge in [-0.1, -0.05) is 0 Å². The number of hydrogen-bond donors (Lipinski definition) is 0. The van der Waals surface area contributed by atoms with Crippen molar-refractivity contribution in [1.29, 1.82) is 0 Å². The van der Waals surface area contributed by atoms with Gasteiger partial charge in [-0.25, -0.2) is 0 Å².